The predicted molar refractivity (Wildman–Crippen MR) is 128 cm³/mol. The molecule has 1 saturated carbocycles. The molecule has 4 rings (SSSR count). The summed E-state index contributed by atoms with van der Waals surface area (Å²) < 4.78 is 9.33. The van der Waals surface area contributed by atoms with Gasteiger partial charge in [-0.2, -0.15) is 5.26 Å². The number of aromatic nitrogens is 4. The Morgan fingerprint density at radius 3 is 2.55 bits per heavy atom. The number of methoxy groups -OCH3 is 1. The fourth-order valence-corrected chi connectivity index (χ4v) is 4.68. The van der Waals surface area contributed by atoms with Crippen molar-refractivity contribution in [3.8, 4) is 17.5 Å². The molecule has 1 fully saturated rings. The van der Waals surface area contributed by atoms with Crippen molar-refractivity contribution in [1.82, 2.24) is 19.3 Å². The molecule has 2 aromatic heterocycles. The van der Waals surface area contributed by atoms with E-state index in [9.17, 15) is 10.1 Å². The van der Waals surface area contributed by atoms with Crippen LogP contribution in [0.4, 0.5) is 5.82 Å². The van der Waals surface area contributed by atoms with Crippen LogP contribution in [-0.2, 0) is 4.79 Å². The molecule has 3 aromatic rings. The number of ether oxygens (including phenoxy) is 1. The Labute approximate surface area is 198 Å². The van der Waals surface area contributed by atoms with Crippen molar-refractivity contribution < 1.29 is 9.53 Å². The van der Waals surface area contributed by atoms with Crippen molar-refractivity contribution in [1.29, 1.82) is 5.26 Å². The van der Waals surface area contributed by atoms with Crippen molar-refractivity contribution in [2.45, 2.75) is 57.7 Å². The van der Waals surface area contributed by atoms with Gasteiger partial charge in [0.2, 0.25) is 5.91 Å². The average Bonchev–Trinajstić information content (AvgIpc) is 3.51. The number of hydrogen-bond donors (Lipinski definition) is 1. The number of benzene rings is 1. The van der Waals surface area contributed by atoms with Crippen LogP contribution in [0.3, 0.4) is 0 Å². The van der Waals surface area contributed by atoms with Gasteiger partial charge >= 0.3 is 0 Å². The maximum absolute atomic E-state index is 13.0. The van der Waals surface area contributed by atoms with E-state index in [4.69, 9.17) is 4.74 Å². The minimum atomic E-state index is -0.194. The summed E-state index contributed by atoms with van der Waals surface area (Å²) in [6, 6.07) is 10.2. The number of rotatable bonds is 8. The number of thioether (sulfide) groups is 1. The lowest BCUT2D eigenvalue weighted by Crippen LogP contribution is -2.18. The summed E-state index contributed by atoms with van der Waals surface area (Å²) in [6.07, 6.45) is 2.24. The molecule has 0 radical (unpaired) electrons. The Kier molecular flexibility index (Phi) is 6.47. The SMILES string of the molecule is COc1ccc(-n2c(C)c(C)c(C#N)c2NC(=O)CSc2nnc(C(C)C)n2C2CC2)cc1. The highest BCUT2D eigenvalue weighted by Crippen LogP contribution is 2.40. The molecule has 8 nitrogen and oxygen atoms in total. The fraction of sp³-hybridized carbons (Fsp3) is 0.417. The third-order valence-corrected chi connectivity index (χ3v) is 6.81. The van der Waals surface area contributed by atoms with Crippen LogP contribution in [0.1, 0.15) is 61.3 Å². The number of nitrogens with zero attached hydrogens (tertiary/aromatic N) is 5. The van der Waals surface area contributed by atoms with E-state index in [1.54, 1.807) is 7.11 Å². The number of carbonyl (C=O) groups excluding carboxylic acids is 1. The van der Waals surface area contributed by atoms with Gasteiger partial charge in [0.05, 0.1) is 18.4 Å². The Morgan fingerprint density at radius 2 is 1.97 bits per heavy atom. The van der Waals surface area contributed by atoms with Crippen molar-refractivity contribution in [2.24, 2.45) is 0 Å². The highest BCUT2D eigenvalue weighted by Gasteiger charge is 2.30. The zero-order valence-corrected chi connectivity index (χ0v) is 20.4. The summed E-state index contributed by atoms with van der Waals surface area (Å²) in [7, 11) is 1.62. The minimum Gasteiger partial charge on any atom is -0.497 e. The van der Waals surface area contributed by atoms with Gasteiger partial charge < -0.3 is 14.6 Å². The predicted octanol–water partition coefficient (Wildman–Crippen LogP) is 4.76. The van der Waals surface area contributed by atoms with E-state index < -0.39 is 0 Å². The first-order valence-electron chi connectivity index (χ1n) is 11.0. The molecule has 1 amide bonds. The molecule has 9 heteroatoms. The lowest BCUT2D eigenvalue weighted by molar-refractivity contribution is -0.113. The lowest BCUT2D eigenvalue weighted by Gasteiger charge is -2.14. The van der Waals surface area contributed by atoms with Gasteiger partial charge in [0.25, 0.3) is 0 Å². The normalized spacial score (nSPS) is 13.2. The van der Waals surface area contributed by atoms with Crippen molar-refractivity contribution in [3.63, 3.8) is 0 Å². The van der Waals surface area contributed by atoms with E-state index in [-0.39, 0.29) is 17.6 Å². The quantitative estimate of drug-likeness (QED) is 0.483. The van der Waals surface area contributed by atoms with Crippen LogP contribution in [0.25, 0.3) is 5.69 Å². The van der Waals surface area contributed by atoms with E-state index in [1.807, 2.05) is 42.7 Å². The summed E-state index contributed by atoms with van der Waals surface area (Å²) in [4.78, 5) is 13.0. The number of carbonyl (C=O) groups is 1. The molecule has 1 aliphatic carbocycles. The lowest BCUT2D eigenvalue weighted by atomic mass is 10.2. The van der Waals surface area contributed by atoms with Gasteiger partial charge in [0.1, 0.15) is 23.5 Å². The summed E-state index contributed by atoms with van der Waals surface area (Å²) >= 11 is 1.38. The first-order valence-corrected chi connectivity index (χ1v) is 12.0. The number of nitrogens with one attached hydrogen (secondary N) is 1. The second-order valence-corrected chi connectivity index (χ2v) is 9.46. The summed E-state index contributed by atoms with van der Waals surface area (Å²) in [5, 5.41) is 22.2. The Hall–Kier alpha value is -3.25. The van der Waals surface area contributed by atoms with Crippen LogP contribution in [0, 0.1) is 25.2 Å². The van der Waals surface area contributed by atoms with Crippen LogP contribution >= 0.6 is 11.8 Å². The Balaban J connectivity index is 1.57. The van der Waals surface area contributed by atoms with Crippen molar-refractivity contribution >= 4 is 23.5 Å². The highest BCUT2D eigenvalue weighted by atomic mass is 32.2. The first kappa shape index (κ1) is 22.9. The van der Waals surface area contributed by atoms with Gasteiger partial charge in [-0.1, -0.05) is 25.6 Å². The van der Waals surface area contributed by atoms with E-state index in [0.717, 1.165) is 46.5 Å². The van der Waals surface area contributed by atoms with E-state index in [1.165, 1.54) is 11.8 Å². The number of nitriles is 1. The molecule has 33 heavy (non-hydrogen) atoms. The molecule has 1 aromatic carbocycles. The van der Waals surface area contributed by atoms with Gasteiger partial charge in [0.15, 0.2) is 5.16 Å². The molecule has 0 bridgehead atoms. The molecule has 0 unspecified atom stereocenters. The monoisotopic (exact) mass is 464 g/mol. The molecule has 0 saturated heterocycles. The molecule has 0 atom stereocenters. The molecule has 0 spiro atoms. The van der Waals surface area contributed by atoms with Gasteiger partial charge in [0, 0.05) is 23.3 Å². The Morgan fingerprint density at radius 1 is 1.27 bits per heavy atom. The highest BCUT2D eigenvalue weighted by molar-refractivity contribution is 7.99. The van der Waals surface area contributed by atoms with Crippen LogP contribution in [0.15, 0.2) is 29.4 Å². The van der Waals surface area contributed by atoms with Gasteiger partial charge in [-0.05, 0) is 56.5 Å². The first-order chi connectivity index (χ1) is 15.8. The topological polar surface area (TPSA) is 97.8 Å². The van der Waals surface area contributed by atoms with E-state index >= 15 is 0 Å². The van der Waals surface area contributed by atoms with Crippen LogP contribution in [0.2, 0.25) is 0 Å². The van der Waals surface area contributed by atoms with Gasteiger partial charge in [-0.15, -0.1) is 10.2 Å². The second kappa shape index (κ2) is 9.32. The molecular weight excluding hydrogens is 436 g/mol. The zero-order valence-electron chi connectivity index (χ0n) is 19.5. The molecule has 1 N–H and O–H groups in total. The van der Waals surface area contributed by atoms with Crippen molar-refractivity contribution in [2.75, 3.05) is 18.2 Å². The minimum absolute atomic E-state index is 0.180. The zero-order chi connectivity index (χ0) is 23.7. The maximum Gasteiger partial charge on any atom is 0.236 e. The summed E-state index contributed by atoms with van der Waals surface area (Å²) in [5.41, 5.74) is 3.04. The van der Waals surface area contributed by atoms with Crippen LogP contribution < -0.4 is 10.1 Å². The third-order valence-electron chi connectivity index (χ3n) is 5.87. The Bertz CT molecular complexity index is 1220. The number of hydrogen-bond acceptors (Lipinski definition) is 6. The number of amides is 1. The molecule has 0 aliphatic heterocycles. The standard InChI is InChI=1S/C24H28N6O2S/c1-14(2)22-27-28-24(30(22)18-6-7-18)33-13-21(31)26-23-20(12-25)15(3)16(4)29(23)17-8-10-19(32-5)11-9-17/h8-11,14,18H,6-7,13H2,1-5H3,(H,26,31). The maximum atomic E-state index is 13.0. The molecule has 1 aliphatic rings. The molecular formula is C24H28N6O2S. The van der Waals surface area contributed by atoms with E-state index in [0.29, 0.717) is 17.4 Å². The summed E-state index contributed by atoms with van der Waals surface area (Å²) in [6.45, 7) is 8.04. The van der Waals surface area contributed by atoms with Crippen LogP contribution in [0.5, 0.6) is 5.75 Å². The second-order valence-electron chi connectivity index (χ2n) is 8.51. The fourth-order valence-electron chi connectivity index (χ4n) is 3.87. The van der Waals surface area contributed by atoms with Gasteiger partial charge in [-0.3, -0.25) is 9.36 Å². The third kappa shape index (κ3) is 4.48. The molecule has 172 valence electrons. The smallest absolute Gasteiger partial charge is 0.236 e. The average molecular weight is 465 g/mol. The van der Waals surface area contributed by atoms with Crippen LogP contribution in [-0.4, -0.2) is 38.1 Å². The van der Waals surface area contributed by atoms with Gasteiger partial charge in [-0.25, -0.2) is 0 Å². The largest absolute Gasteiger partial charge is 0.497 e. The summed E-state index contributed by atoms with van der Waals surface area (Å²) in [5.74, 6) is 2.45. The van der Waals surface area contributed by atoms with E-state index in [2.05, 4.69) is 40.0 Å². The number of anilines is 1. The molecule has 2 heterocycles. The van der Waals surface area contributed by atoms with Crippen molar-refractivity contribution in [3.05, 3.63) is 46.9 Å².